The van der Waals surface area contributed by atoms with Gasteiger partial charge in [0.25, 0.3) is 5.56 Å². The van der Waals surface area contributed by atoms with Crippen LogP contribution in [0.3, 0.4) is 0 Å². The summed E-state index contributed by atoms with van der Waals surface area (Å²) in [7, 11) is 0. The van der Waals surface area contributed by atoms with Crippen molar-refractivity contribution < 1.29 is 14.7 Å². The predicted molar refractivity (Wildman–Crippen MR) is 118 cm³/mol. The molecule has 1 aromatic heterocycles. The number of rotatable bonds is 5. The monoisotopic (exact) mass is 448 g/mol. The molecule has 2 rings (SSSR count). The molecule has 158 valence electrons. The number of anilines is 2. The highest BCUT2D eigenvalue weighted by molar-refractivity contribution is 7.07. The van der Waals surface area contributed by atoms with Crippen molar-refractivity contribution in [2.75, 3.05) is 10.6 Å². The summed E-state index contributed by atoms with van der Waals surface area (Å²) in [6.45, 7) is 7.27. The summed E-state index contributed by atoms with van der Waals surface area (Å²) < 4.78 is 1.54. The molecule has 30 heavy (non-hydrogen) atoms. The molecule has 2 aromatic rings. The third-order valence-electron chi connectivity index (χ3n) is 3.97. The number of carbonyl (C=O) groups excluding carboxylic acids is 1. The second kappa shape index (κ2) is 9.15. The van der Waals surface area contributed by atoms with Gasteiger partial charge in [0.05, 0.1) is 0 Å². The van der Waals surface area contributed by atoms with E-state index in [4.69, 9.17) is 16.9 Å². The molecule has 0 saturated heterocycles. The lowest BCUT2D eigenvalue weighted by Gasteiger charge is -2.18. The van der Waals surface area contributed by atoms with E-state index in [9.17, 15) is 19.5 Å². The Morgan fingerprint density at radius 1 is 1.30 bits per heavy atom. The van der Waals surface area contributed by atoms with Crippen molar-refractivity contribution >= 4 is 58.0 Å². The SMILES string of the molecule is CCn1c(=C(C#N)C(=O)O)sc(=CNc2cc(Cl)cc(NC(=O)C(C)(C)C)c2)c1=O. The van der Waals surface area contributed by atoms with Gasteiger partial charge in [-0.1, -0.05) is 32.4 Å². The van der Waals surface area contributed by atoms with Gasteiger partial charge in [-0.25, -0.2) is 4.79 Å². The van der Waals surface area contributed by atoms with Crippen LogP contribution in [0.25, 0.3) is 11.8 Å². The largest absolute Gasteiger partial charge is 0.477 e. The van der Waals surface area contributed by atoms with E-state index >= 15 is 0 Å². The Kier molecular flexibility index (Phi) is 7.08. The third-order valence-corrected chi connectivity index (χ3v) is 5.32. The highest BCUT2D eigenvalue weighted by Crippen LogP contribution is 2.24. The van der Waals surface area contributed by atoms with Crippen molar-refractivity contribution in [1.82, 2.24) is 4.57 Å². The van der Waals surface area contributed by atoms with E-state index in [0.717, 1.165) is 11.3 Å². The van der Waals surface area contributed by atoms with Gasteiger partial charge in [-0.3, -0.25) is 14.2 Å². The number of carboxylic acids is 1. The lowest BCUT2D eigenvalue weighted by molar-refractivity contribution is -0.130. The first-order valence-electron chi connectivity index (χ1n) is 8.94. The fourth-order valence-corrected chi connectivity index (χ4v) is 3.71. The van der Waals surface area contributed by atoms with E-state index < -0.39 is 22.5 Å². The molecule has 1 heterocycles. The molecule has 8 nitrogen and oxygen atoms in total. The standard InChI is InChI=1S/C20H21ClN4O4S/c1-5-25-16(26)15(30-17(25)14(9-22)18(27)28)10-23-12-6-11(21)7-13(8-12)24-19(29)20(2,3)4/h6-8,10,23H,5H2,1-4H3,(H,24,29)(H,27,28). The molecule has 0 atom stereocenters. The van der Waals surface area contributed by atoms with Crippen molar-refractivity contribution in [2.24, 2.45) is 5.41 Å². The average molecular weight is 449 g/mol. The average Bonchev–Trinajstić information content (AvgIpc) is 2.94. The zero-order chi connectivity index (χ0) is 22.6. The van der Waals surface area contributed by atoms with E-state index in [1.807, 2.05) is 0 Å². The maximum Gasteiger partial charge on any atom is 0.349 e. The first-order valence-corrected chi connectivity index (χ1v) is 10.1. The predicted octanol–water partition coefficient (Wildman–Crippen LogP) is 2.18. The summed E-state index contributed by atoms with van der Waals surface area (Å²) in [5.41, 5.74) is -0.482. The highest BCUT2D eigenvalue weighted by Gasteiger charge is 2.21. The van der Waals surface area contributed by atoms with Gasteiger partial charge in [0.15, 0.2) is 5.57 Å². The Bertz CT molecular complexity index is 1220. The number of thiazole rings is 1. The fourth-order valence-electron chi connectivity index (χ4n) is 2.39. The second-order valence-corrected chi connectivity index (χ2v) is 8.80. The van der Waals surface area contributed by atoms with Crippen LogP contribution in [-0.4, -0.2) is 21.6 Å². The molecule has 10 heteroatoms. The summed E-state index contributed by atoms with van der Waals surface area (Å²) in [6.07, 6.45) is 1.42. The lowest BCUT2D eigenvalue weighted by Crippen LogP contribution is -2.32. The molecule has 0 fully saturated rings. The summed E-state index contributed by atoms with van der Waals surface area (Å²) in [5, 5.41) is 24.4. The topological polar surface area (TPSA) is 124 Å². The third kappa shape index (κ3) is 5.28. The first-order chi connectivity index (χ1) is 14.0. The minimum atomic E-state index is -1.39. The van der Waals surface area contributed by atoms with Gasteiger partial charge in [-0.15, -0.1) is 11.3 Å². The maximum absolute atomic E-state index is 12.6. The van der Waals surface area contributed by atoms with Gasteiger partial charge in [0.2, 0.25) is 5.91 Å². The van der Waals surface area contributed by atoms with Crippen molar-refractivity contribution in [3.05, 3.63) is 42.8 Å². The minimum Gasteiger partial charge on any atom is -0.477 e. The highest BCUT2D eigenvalue weighted by atomic mass is 35.5. The molecular weight excluding hydrogens is 428 g/mol. The number of carbonyl (C=O) groups is 2. The number of aliphatic carboxylic acids is 1. The number of halogens is 1. The Hall–Kier alpha value is -3.09. The van der Waals surface area contributed by atoms with Crippen LogP contribution in [0.5, 0.6) is 0 Å². The van der Waals surface area contributed by atoms with Crippen molar-refractivity contribution in [3.8, 4) is 6.07 Å². The van der Waals surface area contributed by atoms with Crippen molar-refractivity contribution in [2.45, 2.75) is 34.2 Å². The van der Waals surface area contributed by atoms with Crippen LogP contribution in [0.1, 0.15) is 27.7 Å². The number of aromatic nitrogens is 1. The normalized spacial score (nSPS) is 12.9. The molecule has 0 radical (unpaired) electrons. The molecule has 0 aliphatic heterocycles. The summed E-state index contributed by atoms with van der Waals surface area (Å²) in [5.74, 6) is -1.57. The van der Waals surface area contributed by atoms with Gasteiger partial charge in [-0.05, 0) is 25.1 Å². The molecule has 0 spiro atoms. The molecule has 0 bridgehead atoms. The van der Waals surface area contributed by atoms with Gasteiger partial charge in [0, 0.05) is 34.6 Å². The molecule has 1 amide bonds. The fraction of sp³-hybridized carbons (Fsp3) is 0.300. The zero-order valence-corrected chi connectivity index (χ0v) is 18.4. The number of nitriles is 1. The summed E-state index contributed by atoms with van der Waals surface area (Å²) >= 11 is 7.04. The summed E-state index contributed by atoms with van der Waals surface area (Å²) in [6, 6.07) is 6.50. The molecule has 0 saturated carbocycles. The Morgan fingerprint density at radius 2 is 1.93 bits per heavy atom. The number of hydrogen-bond donors (Lipinski definition) is 3. The van der Waals surface area contributed by atoms with Crippen LogP contribution in [0.4, 0.5) is 11.4 Å². The number of nitrogens with zero attached hydrogens (tertiary/aromatic N) is 2. The lowest BCUT2D eigenvalue weighted by atomic mass is 9.95. The van der Waals surface area contributed by atoms with E-state index in [0.29, 0.717) is 16.4 Å². The Balaban J connectivity index is 2.48. The zero-order valence-electron chi connectivity index (χ0n) is 16.9. The number of carboxylic acid groups (broad SMARTS) is 1. The maximum atomic E-state index is 12.6. The van der Waals surface area contributed by atoms with Crippen LogP contribution in [0.2, 0.25) is 5.02 Å². The van der Waals surface area contributed by atoms with E-state index in [-0.39, 0.29) is 21.6 Å². The smallest absolute Gasteiger partial charge is 0.349 e. The van der Waals surface area contributed by atoms with Crippen LogP contribution >= 0.6 is 22.9 Å². The number of benzene rings is 1. The van der Waals surface area contributed by atoms with Gasteiger partial charge < -0.3 is 15.7 Å². The molecular formula is C20H21ClN4O4S. The molecule has 1 aromatic carbocycles. The minimum absolute atomic E-state index is 0.0785. The Morgan fingerprint density at radius 3 is 2.47 bits per heavy atom. The first kappa shape index (κ1) is 23.2. The Labute approximate surface area is 181 Å². The van der Waals surface area contributed by atoms with Crippen LogP contribution in [0.15, 0.2) is 23.0 Å². The molecule has 0 unspecified atom stereocenters. The van der Waals surface area contributed by atoms with E-state index in [1.165, 1.54) is 10.8 Å². The second-order valence-electron chi connectivity index (χ2n) is 7.33. The van der Waals surface area contributed by atoms with E-state index in [2.05, 4.69) is 10.6 Å². The van der Waals surface area contributed by atoms with Gasteiger partial charge >= 0.3 is 5.97 Å². The van der Waals surface area contributed by atoms with Crippen LogP contribution in [0, 0.1) is 16.7 Å². The molecule has 3 N–H and O–H groups in total. The number of amides is 1. The molecule has 0 aliphatic rings. The quantitative estimate of drug-likeness (QED) is 0.644. The van der Waals surface area contributed by atoms with E-state index in [1.54, 1.807) is 52.0 Å². The van der Waals surface area contributed by atoms with Crippen molar-refractivity contribution in [3.63, 3.8) is 0 Å². The van der Waals surface area contributed by atoms with Gasteiger partial charge in [-0.2, -0.15) is 5.26 Å². The summed E-state index contributed by atoms with van der Waals surface area (Å²) in [4.78, 5) is 36.1. The van der Waals surface area contributed by atoms with Crippen molar-refractivity contribution in [1.29, 1.82) is 5.26 Å². The van der Waals surface area contributed by atoms with Crippen LogP contribution in [-0.2, 0) is 16.1 Å². The number of nitrogens with one attached hydrogen (secondary N) is 2. The van der Waals surface area contributed by atoms with Crippen LogP contribution < -0.4 is 25.4 Å². The van der Waals surface area contributed by atoms with Gasteiger partial charge in [0.1, 0.15) is 15.3 Å². The number of hydrogen-bond acceptors (Lipinski definition) is 6. The molecule has 0 aliphatic carbocycles.